The Morgan fingerprint density at radius 3 is 2.71 bits per heavy atom. The van der Waals surface area contributed by atoms with Gasteiger partial charge >= 0.3 is 0 Å². The van der Waals surface area contributed by atoms with E-state index in [-0.39, 0.29) is 6.04 Å². The van der Waals surface area contributed by atoms with Crippen LogP contribution in [0, 0.1) is 6.92 Å². The van der Waals surface area contributed by atoms with Crippen LogP contribution in [-0.4, -0.2) is 41.0 Å². The summed E-state index contributed by atoms with van der Waals surface area (Å²) in [5.74, 6) is 0. The third-order valence-electron chi connectivity index (χ3n) is 4.75. The van der Waals surface area contributed by atoms with Crippen LogP contribution in [-0.2, 0) is 0 Å². The lowest BCUT2D eigenvalue weighted by molar-refractivity contribution is 0.195. The van der Waals surface area contributed by atoms with Gasteiger partial charge in [0.2, 0.25) is 0 Å². The normalized spacial score (nSPS) is 17.0. The van der Waals surface area contributed by atoms with Gasteiger partial charge in [-0.05, 0) is 36.2 Å². The minimum absolute atomic E-state index is 0.158. The van der Waals surface area contributed by atoms with E-state index >= 15 is 0 Å². The number of fused-ring (bicyclic) bond motifs is 1. The number of rotatable bonds is 3. The summed E-state index contributed by atoms with van der Waals surface area (Å²) in [6.07, 6.45) is 3.91. The minimum Gasteiger partial charge on any atom is -0.314 e. The summed E-state index contributed by atoms with van der Waals surface area (Å²) in [6.45, 7) is 6.22. The number of para-hydroxylation sites is 1. The summed E-state index contributed by atoms with van der Waals surface area (Å²) >= 11 is 0. The Kier molecular flexibility index (Phi) is 4.24. The third-order valence-corrected chi connectivity index (χ3v) is 4.75. The number of aromatic nitrogens is 2. The highest BCUT2D eigenvalue weighted by Crippen LogP contribution is 2.30. The van der Waals surface area contributed by atoms with Crippen LogP contribution < -0.4 is 5.32 Å². The summed E-state index contributed by atoms with van der Waals surface area (Å²) in [6, 6.07) is 14.9. The van der Waals surface area contributed by atoms with Crippen LogP contribution in [0.15, 0.2) is 54.9 Å². The molecule has 24 heavy (non-hydrogen) atoms. The molecule has 0 radical (unpaired) electrons. The van der Waals surface area contributed by atoms with Crippen molar-refractivity contribution in [3.63, 3.8) is 0 Å². The summed E-state index contributed by atoms with van der Waals surface area (Å²) in [7, 11) is 0. The Balaban J connectivity index is 1.82. The molecular weight excluding hydrogens is 296 g/mol. The summed E-state index contributed by atoms with van der Waals surface area (Å²) < 4.78 is 0. The van der Waals surface area contributed by atoms with E-state index in [0.717, 1.165) is 37.4 Å². The van der Waals surface area contributed by atoms with E-state index in [0.29, 0.717) is 0 Å². The molecule has 0 saturated carbocycles. The molecule has 1 aliphatic rings. The topological polar surface area (TPSA) is 41.1 Å². The number of aryl methyl sites for hydroxylation is 1. The first-order chi connectivity index (χ1) is 11.8. The van der Waals surface area contributed by atoms with E-state index in [1.807, 2.05) is 24.5 Å². The molecule has 4 heteroatoms. The molecule has 0 spiro atoms. The van der Waals surface area contributed by atoms with Crippen molar-refractivity contribution >= 4 is 10.9 Å². The van der Waals surface area contributed by atoms with E-state index in [1.165, 1.54) is 16.5 Å². The van der Waals surface area contributed by atoms with Crippen LogP contribution in [0.1, 0.15) is 22.9 Å². The molecule has 0 aliphatic carbocycles. The maximum atomic E-state index is 4.72. The molecule has 1 unspecified atom stereocenters. The lowest BCUT2D eigenvalue weighted by Gasteiger charge is -2.35. The van der Waals surface area contributed by atoms with Gasteiger partial charge in [-0.25, -0.2) is 0 Å². The van der Waals surface area contributed by atoms with Crippen molar-refractivity contribution in [3.8, 4) is 0 Å². The molecule has 1 aliphatic heterocycles. The van der Waals surface area contributed by atoms with E-state index in [2.05, 4.69) is 52.5 Å². The highest BCUT2D eigenvalue weighted by Gasteiger charge is 2.26. The standard InChI is InChI=1S/C20H22N4/c1-15-5-4-8-22-19(15)20(24-11-9-21-10-12-24)17-13-16-6-2-3-7-18(16)23-14-17/h2-8,13-14,20-21H,9-12H2,1H3. The summed E-state index contributed by atoms with van der Waals surface area (Å²) in [4.78, 5) is 11.9. The minimum atomic E-state index is 0.158. The fourth-order valence-corrected chi connectivity index (χ4v) is 3.50. The first-order valence-corrected chi connectivity index (χ1v) is 8.54. The molecule has 4 rings (SSSR count). The first kappa shape index (κ1) is 15.2. The van der Waals surface area contributed by atoms with Crippen LogP contribution in [0.2, 0.25) is 0 Å². The Morgan fingerprint density at radius 1 is 1.04 bits per heavy atom. The van der Waals surface area contributed by atoms with Crippen molar-refractivity contribution in [2.75, 3.05) is 26.2 Å². The molecule has 2 aromatic heterocycles. The Labute approximate surface area is 142 Å². The fourth-order valence-electron chi connectivity index (χ4n) is 3.50. The van der Waals surface area contributed by atoms with Gasteiger partial charge in [0, 0.05) is 44.0 Å². The molecule has 4 nitrogen and oxygen atoms in total. The molecule has 1 N–H and O–H groups in total. The van der Waals surface area contributed by atoms with E-state index in [9.17, 15) is 0 Å². The molecule has 1 atom stereocenters. The largest absolute Gasteiger partial charge is 0.314 e. The smallest absolute Gasteiger partial charge is 0.0795 e. The number of hydrogen-bond acceptors (Lipinski definition) is 4. The number of nitrogens with one attached hydrogen (secondary N) is 1. The summed E-state index contributed by atoms with van der Waals surface area (Å²) in [5, 5.41) is 4.62. The van der Waals surface area contributed by atoms with Crippen LogP contribution in [0.3, 0.4) is 0 Å². The summed E-state index contributed by atoms with van der Waals surface area (Å²) in [5.41, 5.74) is 4.63. The van der Waals surface area contributed by atoms with Crippen molar-refractivity contribution in [3.05, 3.63) is 71.7 Å². The number of pyridine rings is 2. The second kappa shape index (κ2) is 6.67. The van der Waals surface area contributed by atoms with Crippen LogP contribution in [0.25, 0.3) is 10.9 Å². The van der Waals surface area contributed by atoms with E-state index in [4.69, 9.17) is 4.98 Å². The van der Waals surface area contributed by atoms with Crippen LogP contribution in [0.4, 0.5) is 0 Å². The average molecular weight is 318 g/mol. The average Bonchev–Trinajstić information content (AvgIpc) is 2.64. The molecule has 0 bridgehead atoms. The van der Waals surface area contributed by atoms with Crippen molar-refractivity contribution in [1.29, 1.82) is 0 Å². The maximum absolute atomic E-state index is 4.72. The monoisotopic (exact) mass is 318 g/mol. The Bertz CT molecular complexity index is 840. The van der Waals surface area contributed by atoms with Crippen molar-refractivity contribution in [2.45, 2.75) is 13.0 Å². The van der Waals surface area contributed by atoms with Crippen LogP contribution >= 0.6 is 0 Å². The van der Waals surface area contributed by atoms with Crippen LogP contribution in [0.5, 0.6) is 0 Å². The number of piperazine rings is 1. The lowest BCUT2D eigenvalue weighted by atomic mass is 9.97. The van der Waals surface area contributed by atoms with E-state index < -0.39 is 0 Å². The zero-order valence-electron chi connectivity index (χ0n) is 13.9. The number of hydrogen-bond donors (Lipinski definition) is 1. The lowest BCUT2D eigenvalue weighted by Crippen LogP contribution is -2.45. The molecule has 3 heterocycles. The molecule has 1 saturated heterocycles. The zero-order valence-corrected chi connectivity index (χ0v) is 13.9. The zero-order chi connectivity index (χ0) is 16.4. The number of benzene rings is 1. The molecule has 122 valence electrons. The van der Waals surface area contributed by atoms with Crippen molar-refractivity contribution in [2.24, 2.45) is 0 Å². The second-order valence-electron chi connectivity index (χ2n) is 6.36. The highest BCUT2D eigenvalue weighted by atomic mass is 15.2. The second-order valence-corrected chi connectivity index (χ2v) is 6.36. The SMILES string of the molecule is Cc1cccnc1C(c1cnc2ccccc2c1)N1CCNCC1. The Hall–Kier alpha value is -2.30. The van der Waals surface area contributed by atoms with Gasteiger partial charge in [-0.1, -0.05) is 24.3 Å². The first-order valence-electron chi connectivity index (χ1n) is 8.54. The number of nitrogens with zero attached hydrogens (tertiary/aromatic N) is 3. The highest BCUT2D eigenvalue weighted by molar-refractivity contribution is 5.79. The van der Waals surface area contributed by atoms with Gasteiger partial charge in [0.1, 0.15) is 0 Å². The van der Waals surface area contributed by atoms with Crippen molar-refractivity contribution in [1.82, 2.24) is 20.2 Å². The quantitative estimate of drug-likeness (QED) is 0.806. The predicted molar refractivity (Wildman–Crippen MR) is 97.0 cm³/mol. The van der Waals surface area contributed by atoms with Crippen molar-refractivity contribution < 1.29 is 0 Å². The molecule has 1 fully saturated rings. The van der Waals surface area contributed by atoms with Gasteiger partial charge in [-0.3, -0.25) is 14.9 Å². The molecule has 0 amide bonds. The maximum Gasteiger partial charge on any atom is 0.0795 e. The van der Waals surface area contributed by atoms with Gasteiger partial charge in [0.25, 0.3) is 0 Å². The van der Waals surface area contributed by atoms with E-state index in [1.54, 1.807) is 0 Å². The van der Waals surface area contributed by atoms with Gasteiger partial charge in [0.05, 0.1) is 17.3 Å². The molecular formula is C20H22N4. The van der Waals surface area contributed by atoms with Gasteiger partial charge in [0.15, 0.2) is 0 Å². The third kappa shape index (κ3) is 2.90. The predicted octanol–water partition coefficient (Wildman–Crippen LogP) is 2.93. The van der Waals surface area contributed by atoms with Gasteiger partial charge in [-0.2, -0.15) is 0 Å². The fraction of sp³-hybridized carbons (Fsp3) is 0.300. The molecule has 1 aromatic carbocycles. The van der Waals surface area contributed by atoms with Gasteiger partial charge in [-0.15, -0.1) is 0 Å². The Morgan fingerprint density at radius 2 is 1.88 bits per heavy atom. The van der Waals surface area contributed by atoms with Gasteiger partial charge < -0.3 is 5.32 Å². The molecule has 3 aromatic rings.